The van der Waals surface area contributed by atoms with Crippen molar-refractivity contribution in [3.05, 3.63) is 83.3 Å². The highest BCUT2D eigenvalue weighted by Gasteiger charge is 2.11. The molecule has 0 aliphatic heterocycles. The van der Waals surface area contributed by atoms with Gasteiger partial charge in [-0.05, 0) is 59.9 Å². The summed E-state index contributed by atoms with van der Waals surface area (Å²) >= 11 is 0. The number of nitrogens with zero attached hydrogens (tertiary/aromatic N) is 1. The van der Waals surface area contributed by atoms with E-state index in [2.05, 4.69) is 36.3 Å². The quantitative estimate of drug-likeness (QED) is 0.488. The van der Waals surface area contributed by atoms with Crippen LogP contribution in [0.3, 0.4) is 0 Å². The minimum Gasteiger partial charge on any atom is -0.457 e. The molecule has 3 rings (SSSR count). The monoisotopic (exact) mass is 407 g/mol. The molecule has 0 fully saturated rings. The first-order valence-corrected chi connectivity index (χ1v) is 10.0. The molecule has 0 aliphatic carbocycles. The number of rotatable bonds is 8. The van der Waals surface area contributed by atoms with Gasteiger partial charge in [0.05, 0.1) is 5.56 Å². The fourth-order valence-corrected chi connectivity index (χ4v) is 3.20. The Morgan fingerprint density at radius 1 is 1.07 bits per heavy atom. The topological polar surface area (TPSA) is 77.2 Å². The van der Waals surface area contributed by atoms with Crippen LogP contribution < -0.4 is 15.8 Å². The largest absolute Gasteiger partial charge is 0.457 e. The van der Waals surface area contributed by atoms with E-state index in [9.17, 15) is 9.18 Å². The Morgan fingerprint density at radius 3 is 2.30 bits per heavy atom. The highest BCUT2D eigenvalue weighted by Crippen LogP contribution is 2.26. The molecule has 6 heteroatoms. The number of hydrogen-bond acceptors (Lipinski definition) is 4. The van der Waals surface area contributed by atoms with E-state index in [1.807, 2.05) is 36.4 Å². The first-order valence-electron chi connectivity index (χ1n) is 10.0. The van der Waals surface area contributed by atoms with Crippen molar-refractivity contribution in [3.8, 4) is 11.5 Å². The van der Waals surface area contributed by atoms with E-state index < -0.39 is 11.9 Å². The smallest absolute Gasteiger partial charge is 0.255 e. The molecular formula is C24H26FN3O2. The Hall–Kier alpha value is -3.41. The number of anilines is 1. The van der Waals surface area contributed by atoms with Crippen LogP contribution in [0.25, 0.3) is 0 Å². The summed E-state index contributed by atoms with van der Waals surface area (Å²) in [4.78, 5) is 15.7. The zero-order chi connectivity index (χ0) is 21.5. The first-order chi connectivity index (χ1) is 14.5. The van der Waals surface area contributed by atoms with Gasteiger partial charge in [-0.25, -0.2) is 4.98 Å². The van der Waals surface area contributed by atoms with Crippen molar-refractivity contribution in [2.45, 2.75) is 39.2 Å². The Kier molecular flexibility index (Phi) is 7.01. The van der Waals surface area contributed by atoms with Gasteiger partial charge in [0, 0.05) is 6.54 Å². The predicted octanol–water partition coefficient (Wildman–Crippen LogP) is 5.43. The molecule has 0 aliphatic rings. The normalized spacial score (nSPS) is 11.7. The third kappa shape index (κ3) is 5.56. The van der Waals surface area contributed by atoms with E-state index in [0.717, 1.165) is 17.4 Å². The first kappa shape index (κ1) is 21.3. The van der Waals surface area contributed by atoms with Crippen LogP contribution >= 0.6 is 0 Å². The fourth-order valence-electron chi connectivity index (χ4n) is 3.20. The Balaban J connectivity index is 1.55. The van der Waals surface area contributed by atoms with Crippen LogP contribution in [0, 0.1) is 5.95 Å². The molecule has 2 aromatic carbocycles. The molecule has 1 unspecified atom stereocenters. The molecule has 1 amide bonds. The van der Waals surface area contributed by atoms with Gasteiger partial charge in [-0.2, -0.15) is 4.39 Å². The van der Waals surface area contributed by atoms with Gasteiger partial charge in [0.25, 0.3) is 5.91 Å². The molecule has 5 nitrogen and oxygen atoms in total. The number of nitrogens with one attached hydrogen (secondary N) is 1. The lowest BCUT2D eigenvalue weighted by atomic mass is 9.97. The molecule has 3 N–H and O–H groups in total. The molecule has 0 bridgehead atoms. The average molecular weight is 407 g/mol. The fraction of sp³-hybridized carbons (Fsp3) is 0.250. The maximum Gasteiger partial charge on any atom is 0.255 e. The highest BCUT2D eigenvalue weighted by atomic mass is 19.1. The molecule has 0 saturated carbocycles. The molecule has 30 heavy (non-hydrogen) atoms. The van der Waals surface area contributed by atoms with E-state index >= 15 is 0 Å². The van der Waals surface area contributed by atoms with E-state index in [0.29, 0.717) is 18.2 Å². The second-order valence-electron chi connectivity index (χ2n) is 7.25. The number of halogens is 1. The number of pyridine rings is 1. The van der Waals surface area contributed by atoms with E-state index in [1.165, 1.54) is 24.5 Å². The second kappa shape index (κ2) is 9.87. The van der Waals surface area contributed by atoms with E-state index in [-0.39, 0.29) is 11.4 Å². The molecule has 0 radical (unpaired) electrons. The van der Waals surface area contributed by atoms with Crippen molar-refractivity contribution in [1.29, 1.82) is 0 Å². The second-order valence-corrected chi connectivity index (χ2v) is 7.25. The SMILES string of the molecule is CCCC(C)c1ccc(Oc2ccc(CNC(=O)c3ccc(F)nc3N)cc2)cc1. The third-order valence-corrected chi connectivity index (χ3v) is 4.92. The summed E-state index contributed by atoms with van der Waals surface area (Å²) in [5.41, 5.74) is 7.95. The molecule has 156 valence electrons. The summed E-state index contributed by atoms with van der Waals surface area (Å²) in [6, 6.07) is 18.1. The minimum absolute atomic E-state index is 0.133. The standard InChI is InChI=1S/C24H26FN3O2/c1-3-4-16(2)18-7-11-20(12-8-18)30-19-9-5-17(6-10-19)15-27-24(29)21-13-14-22(25)28-23(21)26/h5-14,16H,3-4,15H2,1-2H3,(H2,26,28)(H,27,29). The van der Waals surface area contributed by atoms with Crippen LogP contribution in [0.1, 0.15) is 54.1 Å². The number of carbonyl (C=O) groups is 1. The summed E-state index contributed by atoms with van der Waals surface area (Å²) in [6.45, 7) is 4.73. The Morgan fingerprint density at radius 2 is 1.70 bits per heavy atom. The lowest BCUT2D eigenvalue weighted by Crippen LogP contribution is -2.24. The number of ether oxygens (including phenoxy) is 1. The van der Waals surface area contributed by atoms with Gasteiger partial charge in [-0.3, -0.25) is 4.79 Å². The number of nitrogens with two attached hydrogens (primary N) is 1. The number of benzene rings is 2. The van der Waals surface area contributed by atoms with Crippen LogP contribution in [-0.4, -0.2) is 10.9 Å². The van der Waals surface area contributed by atoms with E-state index in [4.69, 9.17) is 10.5 Å². The number of amides is 1. The Bertz CT molecular complexity index is 988. The van der Waals surface area contributed by atoms with Crippen LogP contribution in [-0.2, 0) is 6.54 Å². The Labute approximate surface area is 176 Å². The summed E-state index contributed by atoms with van der Waals surface area (Å²) in [5, 5.41) is 2.75. The maximum atomic E-state index is 13.0. The molecule has 1 heterocycles. The van der Waals surface area contributed by atoms with Crippen molar-refractivity contribution >= 4 is 11.7 Å². The maximum absolute atomic E-state index is 13.0. The number of nitrogen functional groups attached to an aromatic ring is 1. The molecule has 3 aromatic rings. The number of hydrogen-bond donors (Lipinski definition) is 2. The zero-order valence-electron chi connectivity index (χ0n) is 17.2. The number of aromatic nitrogens is 1. The van der Waals surface area contributed by atoms with Crippen molar-refractivity contribution < 1.29 is 13.9 Å². The van der Waals surface area contributed by atoms with Crippen molar-refractivity contribution in [3.63, 3.8) is 0 Å². The van der Waals surface area contributed by atoms with Crippen LogP contribution in [0.5, 0.6) is 11.5 Å². The molecule has 0 spiro atoms. The van der Waals surface area contributed by atoms with Gasteiger partial charge in [0.1, 0.15) is 17.3 Å². The van der Waals surface area contributed by atoms with Crippen LogP contribution in [0.4, 0.5) is 10.2 Å². The van der Waals surface area contributed by atoms with Gasteiger partial charge >= 0.3 is 0 Å². The van der Waals surface area contributed by atoms with E-state index in [1.54, 1.807) is 0 Å². The third-order valence-electron chi connectivity index (χ3n) is 4.92. The zero-order valence-corrected chi connectivity index (χ0v) is 17.2. The molecular weight excluding hydrogens is 381 g/mol. The van der Waals surface area contributed by atoms with Gasteiger partial charge < -0.3 is 15.8 Å². The predicted molar refractivity (Wildman–Crippen MR) is 116 cm³/mol. The molecule has 1 atom stereocenters. The highest BCUT2D eigenvalue weighted by molar-refractivity contribution is 5.98. The molecule has 1 aromatic heterocycles. The van der Waals surface area contributed by atoms with Crippen molar-refractivity contribution in [2.24, 2.45) is 0 Å². The van der Waals surface area contributed by atoms with Crippen molar-refractivity contribution in [2.75, 3.05) is 5.73 Å². The lowest BCUT2D eigenvalue weighted by molar-refractivity contribution is 0.0951. The van der Waals surface area contributed by atoms with Crippen molar-refractivity contribution in [1.82, 2.24) is 10.3 Å². The number of carbonyl (C=O) groups excluding carboxylic acids is 1. The minimum atomic E-state index is -0.718. The van der Waals surface area contributed by atoms with Crippen LogP contribution in [0.2, 0.25) is 0 Å². The molecule has 0 saturated heterocycles. The van der Waals surface area contributed by atoms with Gasteiger partial charge in [-0.15, -0.1) is 0 Å². The summed E-state index contributed by atoms with van der Waals surface area (Å²) in [5.74, 6) is 0.780. The van der Waals surface area contributed by atoms with Gasteiger partial charge in [0.2, 0.25) is 5.95 Å². The summed E-state index contributed by atoms with van der Waals surface area (Å²) in [6.07, 6.45) is 2.34. The van der Waals surface area contributed by atoms with Gasteiger partial charge in [0.15, 0.2) is 0 Å². The summed E-state index contributed by atoms with van der Waals surface area (Å²) in [7, 11) is 0. The van der Waals surface area contributed by atoms with Gasteiger partial charge in [-0.1, -0.05) is 44.5 Å². The lowest BCUT2D eigenvalue weighted by Gasteiger charge is -2.12. The average Bonchev–Trinajstić information content (AvgIpc) is 2.74. The summed E-state index contributed by atoms with van der Waals surface area (Å²) < 4.78 is 18.9. The van der Waals surface area contributed by atoms with Crippen LogP contribution in [0.15, 0.2) is 60.7 Å².